The third kappa shape index (κ3) is 4.35. The summed E-state index contributed by atoms with van der Waals surface area (Å²) in [5, 5.41) is 11.1. The van der Waals surface area contributed by atoms with Gasteiger partial charge >= 0.3 is 0 Å². The molecule has 0 spiro atoms. The lowest BCUT2D eigenvalue weighted by molar-refractivity contribution is -0.917. The van der Waals surface area contributed by atoms with E-state index in [2.05, 4.69) is 41.0 Å². The smallest absolute Gasteiger partial charge is 0.251 e. The molecule has 7 nitrogen and oxygen atoms in total. The van der Waals surface area contributed by atoms with Crippen LogP contribution in [0.2, 0.25) is 0 Å². The van der Waals surface area contributed by atoms with Crippen molar-refractivity contribution in [3.8, 4) is 5.69 Å². The summed E-state index contributed by atoms with van der Waals surface area (Å²) in [6.45, 7) is 5.47. The Balaban J connectivity index is 1.72. The molecule has 3 aromatic rings. The van der Waals surface area contributed by atoms with Gasteiger partial charge < -0.3 is 10.2 Å². The molecule has 2 aromatic carbocycles. The van der Waals surface area contributed by atoms with E-state index in [1.807, 2.05) is 38.1 Å². The molecule has 146 valence electrons. The Hall–Kier alpha value is -2.84. The van der Waals surface area contributed by atoms with Crippen LogP contribution in [0, 0.1) is 18.6 Å². The predicted octanol–water partition coefficient (Wildman–Crippen LogP) is 1.45. The molecule has 3 rings (SSSR count). The fraction of sp³-hybridized carbons (Fsp3) is 0.300. The maximum absolute atomic E-state index is 11.6. The second-order valence-electron chi connectivity index (χ2n) is 7.03. The second-order valence-corrected chi connectivity index (χ2v) is 7.40. The number of carbonyl (C=O) groups excluding carboxylic acids is 1. The van der Waals surface area contributed by atoms with Crippen LogP contribution in [0.25, 0.3) is 5.69 Å². The zero-order chi connectivity index (χ0) is 20.3. The Kier molecular flexibility index (Phi) is 6.01. The highest BCUT2D eigenvalue weighted by Gasteiger charge is 2.12. The number of hydrogen-bond donors (Lipinski definition) is 2. The molecule has 1 aromatic heterocycles. The molecule has 2 N–H and O–H groups in total. The molecule has 0 saturated heterocycles. The molecule has 0 aliphatic heterocycles. The Morgan fingerprint density at radius 3 is 2.54 bits per heavy atom. The monoisotopic (exact) mass is 397 g/mol. The zero-order valence-corrected chi connectivity index (χ0v) is 17.4. The molecular formula is C20H25N6OS+. The summed E-state index contributed by atoms with van der Waals surface area (Å²) in [6.07, 6.45) is 0. The van der Waals surface area contributed by atoms with E-state index in [-0.39, 0.29) is 5.91 Å². The lowest BCUT2D eigenvalue weighted by Gasteiger charge is -2.13. The normalized spacial score (nSPS) is 12.0. The van der Waals surface area contributed by atoms with Crippen LogP contribution in [0.15, 0.2) is 42.5 Å². The molecule has 0 saturated carbocycles. The van der Waals surface area contributed by atoms with E-state index in [0.717, 1.165) is 28.9 Å². The molecule has 1 heterocycles. The average molecular weight is 398 g/mol. The van der Waals surface area contributed by atoms with Crippen molar-refractivity contribution in [1.29, 1.82) is 0 Å². The number of carbonyl (C=O) groups is 1. The van der Waals surface area contributed by atoms with Gasteiger partial charge in [0, 0.05) is 18.2 Å². The number of nitrogens with one attached hydrogen (secondary N) is 2. The number of nitrogens with zero attached hydrogens (tertiary/aromatic N) is 4. The molecule has 0 fully saturated rings. The minimum Gasteiger partial charge on any atom is -0.355 e. The number of aryl methyl sites for hydroxylation is 2. The molecule has 1 unspecified atom stereocenters. The first-order chi connectivity index (χ1) is 13.4. The van der Waals surface area contributed by atoms with Crippen molar-refractivity contribution in [3.63, 3.8) is 0 Å². The largest absolute Gasteiger partial charge is 0.355 e. The van der Waals surface area contributed by atoms with Crippen molar-refractivity contribution in [3.05, 3.63) is 69.5 Å². The minimum atomic E-state index is -0.0818. The summed E-state index contributed by atoms with van der Waals surface area (Å²) in [7, 11) is 3.70. The van der Waals surface area contributed by atoms with E-state index in [1.54, 1.807) is 16.4 Å². The van der Waals surface area contributed by atoms with E-state index in [4.69, 9.17) is 12.2 Å². The van der Waals surface area contributed by atoms with E-state index < -0.39 is 0 Å². The second kappa shape index (κ2) is 8.45. The Labute approximate surface area is 169 Å². The topological polar surface area (TPSA) is 69.2 Å². The van der Waals surface area contributed by atoms with Gasteiger partial charge in [-0.05, 0) is 65.8 Å². The number of rotatable bonds is 6. The molecule has 28 heavy (non-hydrogen) atoms. The number of amides is 1. The van der Waals surface area contributed by atoms with Crippen molar-refractivity contribution >= 4 is 18.1 Å². The summed E-state index contributed by atoms with van der Waals surface area (Å²) < 4.78 is 4.03. The summed E-state index contributed by atoms with van der Waals surface area (Å²) in [6, 6.07) is 13.8. The fourth-order valence-electron chi connectivity index (χ4n) is 3.05. The first-order valence-electron chi connectivity index (χ1n) is 9.12. The van der Waals surface area contributed by atoms with Crippen LogP contribution in [0.3, 0.4) is 0 Å². The molecule has 0 aliphatic carbocycles. The van der Waals surface area contributed by atoms with E-state index in [1.165, 1.54) is 4.90 Å². The van der Waals surface area contributed by atoms with Crippen LogP contribution >= 0.6 is 12.2 Å². The summed E-state index contributed by atoms with van der Waals surface area (Å²) in [5.41, 5.74) is 5.01. The first-order valence-corrected chi connectivity index (χ1v) is 9.52. The molecular weight excluding hydrogens is 372 g/mol. The van der Waals surface area contributed by atoms with Crippen molar-refractivity contribution in [1.82, 2.24) is 25.1 Å². The highest BCUT2D eigenvalue weighted by atomic mass is 32.1. The summed E-state index contributed by atoms with van der Waals surface area (Å²) in [4.78, 5) is 12.8. The van der Waals surface area contributed by atoms with Gasteiger partial charge in [-0.1, -0.05) is 24.3 Å². The molecule has 0 radical (unpaired) electrons. The Morgan fingerprint density at radius 1 is 1.14 bits per heavy atom. The van der Waals surface area contributed by atoms with Crippen LogP contribution in [0.4, 0.5) is 0 Å². The standard InChI is InChI=1S/C20H24N6OS/c1-14-5-6-15(2)18(11-14)26-20(28)25(22-23-26)13-24(4)12-16-7-9-17(10-8-16)19(27)21-3/h5-11H,12-13H2,1-4H3,(H,21,27)/p+1. The Morgan fingerprint density at radius 2 is 1.86 bits per heavy atom. The SMILES string of the molecule is CNC(=O)c1ccc(C[NH+](C)Cn2nnn(-c3cc(C)ccc3C)c2=S)cc1. The fourth-order valence-corrected chi connectivity index (χ4v) is 3.29. The predicted molar refractivity (Wildman–Crippen MR) is 110 cm³/mol. The first kappa shape index (κ1) is 19.9. The van der Waals surface area contributed by atoms with Crippen molar-refractivity contribution in [2.45, 2.75) is 27.1 Å². The van der Waals surface area contributed by atoms with E-state index >= 15 is 0 Å². The van der Waals surface area contributed by atoms with Crippen molar-refractivity contribution < 1.29 is 9.69 Å². The average Bonchev–Trinajstić information content (AvgIpc) is 3.03. The lowest BCUT2D eigenvalue weighted by Crippen LogP contribution is -3.07. The van der Waals surface area contributed by atoms with Crippen molar-refractivity contribution in [2.75, 3.05) is 14.1 Å². The van der Waals surface area contributed by atoms with Crippen molar-refractivity contribution in [2.24, 2.45) is 0 Å². The minimum absolute atomic E-state index is 0.0818. The lowest BCUT2D eigenvalue weighted by atomic mass is 10.1. The molecule has 0 bridgehead atoms. The maximum atomic E-state index is 11.6. The third-order valence-corrected chi connectivity index (χ3v) is 4.98. The van der Waals surface area contributed by atoms with Crippen LogP contribution in [-0.4, -0.2) is 39.8 Å². The summed E-state index contributed by atoms with van der Waals surface area (Å²) >= 11 is 5.60. The highest BCUT2D eigenvalue weighted by molar-refractivity contribution is 7.71. The van der Waals surface area contributed by atoms with Gasteiger partial charge in [0.25, 0.3) is 5.91 Å². The number of quaternary nitrogens is 1. The van der Waals surface area contributed by atoms with Crippen LogP contribution in [0.1, 0.15) is 27.0 Å². The van der Waals surface area contributed by atoms with Crippen LogP contribution in [-0.2, 0) is 13.2 Å². The van der Waals surface area contributed by atoms with Gasteiger partial charge in [-0.3, -0.25) is 4.79 Å². The van der Waals surface area contributed by atoms with Gasteiger partial charge in [0.2, 0.25) is 4.77 Å². The van der Waals surface area contributed by atoms with Crippen LogP contribution < -0.4 is 10.2 Å². The van der Waals surface area contributed by atoms with Gasteiger partial charge in [0.05, 0.1) is 12.7 Å². The van der Waals surface area contributed by atoms with Crippen LogP contribution in [0.5, 0.6) is 0 Å². The quantitative estimate of drug-likeness (QED) is 0.618. The van der Waals surface area contributed by atoms with E-state index in [0.29, 0.717) is 17.0 Å². The van der Waals surface area contributed by atoms with Gasteiger partial charge in [0.1, 0.15) is 6.54 Å². The summed E-state index contributed by atoms with van der Waals surface area (Å²) in [5.74, 6) is -0.0818. The highest BCUT2D eigenvalue weighted by Crippen LogP contribution is 2.15. The van der Waals surface area contributed by atoms with Gasteiger partial charge in [-0.2, -0.15) is 9.36 Å². The van der Waals surface area contributed by atoms with Gasteiger partial charge in [0.15, 0.2) is 6.67 Å². The maximum Gasteiger partial charge on any atom is 0.251 e. The Bertz CT molecular complexity index is 1040. The van der Waals surface area contributed by atoms with Gasteiger partial charge in [-0.25, -0.2) is 0 Å². The van der Waals surface area contributed by atoms with E-state index in [9.17, 15) is 4.79 Å². The third-order valence-electron chi connectivity index (χ3n) is 4.60. The number of tetrazole rings is 1. The number of benzene rings is 2. The zero-order valence-electron chi connectivity index (χ0n) is 16.6. The molecule has 1 atom stereocenters. The number of hydrogen-bond acceptors (Lipinski definition) is 4. The van der Waals surface area contributed by atoms with Gasteiger partial charge in [-0.15, -0.1) is 0 Å². The molecule has 8 heteroatoms. The molecule has 1 amide bonds. The number of aromatic nitrogens is 4. The molecule has 0 aliphatic rings.